The van der Waals surface area contributed by atoms with Crippen molar-refractivity contribution in [3.05, 3.63) is 87.4 Å². The number of nitrogens with one attached hydrogen (secondary N) is 1. The minimum atomic E-state index is 0.322. The van der Waals surface area contributed by atoms with E-state index in [0.717, 1.165) is 50.6 Å². The van der Waals surface area contributed by atoms with Gasteiger partial charge < -0.3 is 9.30 Å². The molecule has 7 nitrogen and oxygen atoms in total. The van der Waals surface area contributed by atoms with Crippen LogP contribution < -0.4 is 10.2 Å². The summed E-state index contributed by atoms with van der Waals surface area (Å²) in [4.78, 5) is 4.70. The lowest BCUT2D eigenvalue weighted by Crippen LogP contribution is -2.03. The molecule has 0 atom stereocenters. The van der Waals surface area contributed by atoms with Crippen molar-refractivity contribution in [2.75, 3.05) is 5.43 Å². The van der Waals surface area contributed by atoms with Gasteiger partial charge in [-0.1, -0.05) is 70.9 Å². The average Bonchev–Trinajstić information content (AvgIpc) is 3.18. The van der Waals surface area contributed by atoms with Gasteiger partial charge in [-0.2, -0.15) is 10.1 Å². The van der Waals surface area contributed by atoms with Crippen LogP contribution in [0, 0.1) is 0 Å². The van der Waals surface area contributed by atoms with Gasteiger partial charge in [0.2, 0.25) is 0 Å². The topological polar surface area (TPSA) is 77.2 Å². The quantitative estimate of drug-likeness (QED) is 0.170. The number of anilines is 1. The van der Waals surface area contributed by atoms with Crippen LogP contribution in [-0.4, -0.2) is 26.0 Å². The van der Waals surface area contributed by atoms with Crippen molar-refractivity contribution in [1.29, 1.82) is 0 Å². The molecule has 0 saturated carbocycles. The molecule has 2 heterocycles. The summed E-state index contributed by atoms with van der Waals surface area (Å²) in [6, 6.07) is 21.5. The van der Waals surface area contributed by atoms with E-state index in [-0.39, 0.29) is 0 Å². The summed E-state index contributed by atoms with van der Waals surface area (Å²) < 4.78 is 9.10. The molecule has 2 aromatic heterocycles. The molecule has 0 unspecified atom stereocenters. The number of para-hydroxylation sites is 1. The monoisotopic (exact) mass is 548 g/mol. The van der Waals surface area contributed by atoms with Crippen molar-refractivity contribution in [3.63, 3.8) is 0 Å². The van der Waals surface area contributed by atoms with Crippen molar-refractivity contribution in [2.24, 2.45) is 5.10 Å². The summed E-state index contributed by atoms with van der Waals surface area (Å²) in [7, 11) is 0. The predicted molar refractivity (Wildman–Crippen MR) is 144 cm³/mol. The highest BCUT2D eigenvalue weighted by molar-refractivity contribution is 9.10. The molecule has 0 aliphatic carbocycles. The van der Waals surface area contributed by atoms with Gasteiger partial charge in [-0.25, -0.2) is 5.43 Å². The molecule has 0 saturated heterocycles. The molecule has 0 amide bonds. The van der Waals surface area contributed by atoms with E-state index in [2.05, 4.69) is 54.2 Å². The first-order chi connectivity index (χ1) is 17.1. The number of hydrogen-bond acceptors (Lipinski definition) is 6. The van der Waals surface area contributed by atoms with E-state index in [4.69, 9.17) is 21.3 Å². The second kappa shape index (κ2) is 10.4. The summed E-state index contributed by atoms with van der Waals surface area (Å²) in [6.45, 7) is 3.33. The molecule has 0 fully saturated rings. The molecule has 0 spiro atoms. The highest BCUT2D eigenvalue weighted by Gasteiger charge is 2.14. The van der Waals surface area contributed by atoms with Crippen LogP contribution in [0.1, 0.15) is 24.5 Å². The number of benzene rings is 3. The zero-order chi connectivity index (χ0) is 24.2. The van der Waals surface area contributed by atoms with Gasteiger partial charge in [-0.3, -0.25) is 0 Å². The number of fused-ring (bicyclic) bond motifs is 3. The number of ether oxygens (including phenoxy) is 1. The molecule has 176 valence electrons. The molecule has 0 radical (unpaired) electrons. The van der Waals surface area contributed by atoms with E-state index in [9.17, 15) is 0 Å². The largest absolute Gasteiger partial charge is 0.488 e. The Kier molecular flexibility index (Phi) is 6.92. The highest BCUT2D eigenvalue weighted by Crippen LogP contribution is 2.27. The molecule has 35 heavy (non-hydrogen) atoms. The first-order valence-corrected chi connectivity index (χ1v) is 12.4. The minimum absolute atomic E-state index is 0.322. The molecule has 3 aromatic carbocycles. The molecule has 0 bridgehead atoms. The van der Waals surface area contributed by atoms with Crippen molar-refractivity contribution in [3.8, 4) is 5.75 Å². The number of hydrogen-bond donors (Lipinski definition) is 1. The van der Waals surface area contributed by atoms with E-state index < -0.39 is 0 Å². The fourth-order valence-electron chi connectivity index (χ4n) is 3.88. The van der Waals surface area contributed by atoms with Crippen LogP contribution in [0.3, 0.4) is 0 Å². The number of halogens is 2. The van der Waals surface area contributed by atoms with Crippen LogP contribution in [0.2, 0.25) is 5.02 Å². The first-order valence-electron chi connectivity index (χ1n) is 11.2. The molecule has 0 aliphatic heterocycles. The summed E-state index contributed by atoms with van der Waals surface area (Å²) >= 11 is 9.77. The normalized spacial score (nSPS) is 11.5. The Morgan fingerprint density at radius 3 is 2.77 bits per heavy atom. The fraction of sp³-hybridized carbons (Fsp3) is 0.154. The SMILES string of the molecule is CCCn1c2ccccc2c2nnc(N/N=C/c3cc(Br)ccc3OCc3ccccc3Cl)nc21. The summed E-state index contributed by atoms with van der Waals surface area (Å²) in [5, 5.41) is 14.7. The summed E-state index contributed by atoms with van der Waals surface area (Å²) in [6.07, 6.45) is 2.65. The Hall–Kier alpha value is -3.49. The van der Waals surface area contributed by atoms with Crippen LogP contribution in [0.15, 0.2) is 76.3 Å². The van der Waals surface area contributed by atoms with Crippen LogP contribution in [0.25, 0.3) is 22.1 Å². The van der Waals surface area contributed by atoms with Gasteiger partial charge in [0.05, 0.1) is 11.7 Å². The van der Waals surface area contributed by atoms with E-state index in [1.807, 2.05) is 60.7 Å². The van der Waals surface area contributed by atoms with Gasteiger partial charge in [0.1, 0.15) is 17.9 Å². The molecule has 1 N–H and O–H groups in total. The molecular weight excluding hydrogens is 528 g/mol. The maximum atomic E-state index is 6.26. The number of nitrogens with zero attached hydrogens (tertiary/aromatic N) is 5. The van der Waals surface area contributed by atoms with Crippen LogP contribution in [0.5, 0.6) is 5.75 Å². The predicted octanol–water partition coefficient (Wildman–Crippen LogP) is 6.83. The average molecular weight is 550 g/mol. The van der Waals surface area contributed by atoms with Crippen LogP contribution in [0.4, 0.5) is 5.95 Å². The molecule has 9 heteroatoms. The number of rotatable bonds is 8. The van der Waals surface area contributed by atoms with Gasteiger partial charge in [-0.05, 0) is 36.8 Å². The van der Waals surface area contributed by atoms with Crippen LogP contribution in [-0.2, 0) is 13.2 Å². The van der Waals surface area contributed by atoms with Gasteiger partial charge >= 0.3 is 0 Å². The Bertz CT molecular complexity index is 1530. The van der Waals surface area contributed by atoms with Crippen molar-refractivity contribution >= 4 is 61.8 Å². The third-order valence-electron chi connectivity index (χ3n) is 5.50. The third-order valence-corrected chi connectivity index (χ3v) is 6.36. The van der Waals surface area contributed by atoms with Crippen molar-refractivity contribution in [2.45, 2.75) is 26.5 Å². The molecule has 5 rings (SSSR count). The Labute approximate surface area is 215 Å². The maximum absolute atomic E-state index is 6.26. The Balaban J connectivity index is 1.38. The van der Waals surface area contributed by atoms with Gasteiger partial charge in [0, 0.05) is 32.6 Å². The lowest BCUT2D eigenvalue weighted by atomic mass is 10.2. The fourth-order valence-corrected chi connectivity index (χ4v) is 4.45. The van der Waals surface area contributed by atoms with Gasteiger partial charge in [0.25, 0.3) is 5.95 Å². The molecule has 5 aromatic rings. The second-order valence-electron chi connectivity index (χ2n) is 7.91. The van der Waals surface area contributed by atoms with Gasteiger partial charge in [-0.15, -0.1) is 10.2 Å². The lowest BCUT2D eigenvalue weighted by molar-refractivity contribution is 0.306. The number of aromatic nitrogens is 4. The molecular formula is C26H22BrClN6O. The maximum Gasteiger partial charge on any atom is 0.265 e. The third kappa shape index (κ3) is 4.99. The van der Waals surface area contributed by atoms with Crippen molar-refractivity contribution in [1.82, 2.24) is 19.7 Å². The zero-order valence-corrected chi connectivity index (χ0v) is 21.3. The summed E-state index contributed by atoms with van der Waals surface area (Å²) in [5.74, 6) is 0.999. The van der Waals surface area contributed by atoms with E-state index in [0.29, 0.717) is 23.3 Å². The Morgan fingerprint density at radius 2 is 1.91 bits per heavy atom. The number of hydrazone groups is 1. The second-order valence-corrected chi connectivity index (χ2v) is 9.23. The number of aryl methyl sites for hydroxylation is 1. The zero-order valence-electron chi connectivity index (χ0n) is 18.9. The van der Waals surface area contributed by atoms with Gasteiger partial charge in [0.15, 0.2) is 5.65 Å². The minimum Gasteiger partial charge on any atom is -0.488 e. The molecule has 0 aliphatic rings. The van der Waals surface area contributed by atoms with Crippen LogP contribution >= 0.6 is 27.5 Å². The Morgan fingerprint density at radius 1 is 1.09 bits per heavy atom. The highest BCUT2D eigenvalue weighted by atomic mass is 79.9. The smallest absolute Gasteiger partial charge is 0.265 e. The first kappa shape index (κ1) is 23.3. The standard InChI is InChI=1S/C26H22BrClN6O/c1-2-13-34-22-10-6-4-8-20(22)24-25(34)30-26(33-31-24)32-29-15-18-14-19(27)11-12-23(18)35-16-17-7-3-5-9-21(17)28/h3-12,14-15H,2,13,16H2,1H3,(H,30,32,33)/b29-15+. The van der Waals surface area contributed by atoms with Crippen molar-refractivity contribution < 1.29 is 4.74 Å². The lowest BCUT2D eigenvalue weighted by Gasteiger charge is -2.10. The van der Waals surface area contributed by atoms with E-state index in [1.165, 1.54) is 0 Å². The van der Waals surface area contributed by atoms with E-state index in [1.54, 1.807) is 6.21 Å². The van der Waals surface area contributed by atoms with E-state index >= 15 is 0 Å². The summed E-state index contributed by atoms with van der Waals surface area (Å²) in [5.41, 5.74) is 7.27.